The Hall–Kier alpha value is -2.92. The van der Waals surface area contributed by atoms with Crippen LogP contribution in [0.5, 0.6) is 0 Å². The minimum Gasteiger partial charge on any atom is -0.352 e. The lowest BCUT2D eigenvalue weighted by atomic mass is 10.1. The number of carbonyl (C=O) groups is 1. The van der Waals surface area contributed by atoms with Gasteiger partial charge in [-0.25, -0.2) is 0 Å². The van der Waals surface area contributed by atoms with Crippen LogP contribution in [0.1, 0.15) is 5.56 Å². The van der Waals surface area contributed by atoms with Crippen LogP contribution in [0.4, 0.5) is 5.82 Å². The van der Waals surface area contributed by atoms with E-state index >= 15 is 0 Å². The molecule has 0 spiro atoms. The third-order valence-corrected chi connectivity index (χ3v) is 5.20. The summed E-state index contributed by atoms with van der Waals surface area (Å²) in [5.41, 5.74) is 2.90. The first-order valence-corrected chi connectivity index (χ1v) is 9.73. The fourth-order valence-electron chi connectivity index (χ4n) is 3.33. The van der Waals surface area contributed by atoms with E-state index in [1.165, 1.54) is 0 Å². The van der Waals surface area contributed by atoms with Gasteiger partial charge >= 0.3 is 0 Å². The van der Waals surface area contributed by atoms with Crippen molar-refractivity contribution in [3.63, 3.8) is 0 Å². The Balaban J connectivity index is 1.33. The van der Waals surface area contributed by atoms with Crippen LogP contribution in [0.15, 0.2) is 66.7 Å². The molecule has 1 aromatic heterocycles. The first-order valence-electron chi connectivity index (χ1n) is 9.35. The van der Waals surface area contributed by atoms with E-state index < -0.39 is 0 Å². The molecule has 2 aromatic carbocycles. The van der Waals surface area contributed by atoms with E-state index in [1.807, 2.05) is 71.6 Å². The predicted octanol–water partition coefficient (Wildman–Crippen LogP) is 3.69. The first-order chi connectivity index (χ1) is 13.7. The van der Waals surface area contributed by atoms with Gasteiger partial charge in [0.05, 0.1) is 12.1 Å². The van der Waals surface area contributed by atoms with Gasteiger partial charge < -0.3 is 9.80 Å². The van der Waals surface area contributed by atoms with Crippen molar-refractivity contribution in [2.45, 2.75) is 6.42 Å². The highest BCUT2D eigenvalue weighted by molar-refractivity contribution is 6.30. The van der Waals surface area contributed by atoms with Crippen LogP contribution >= 0.6 is 11.6 Å². The average molecular weight is 393 g/mol. The van der Waals surface area contributed by atoms with Crippen LogP contribution in [-0.4, -0.2) is 47.2 Å². The molecule has 0 atom stereocenters. The minimum atomic E-state index is 0.146. The second-order valence-corrected chi connectivity index (χ2v) is 7.25. The second-order valence-electron chi connectivity index (χ2n) is 6.81. The molecule has 1 fully saturated rings. The smallest absolute Gasteiger partial charge is 0.227 e. The van der Waals surface area contributed by atoms with E-state index in [4.69, 9.17) is 11.6 Å². The fourth-order valence-corrected chi connectivity index (χ4v) is 3.46. The maximum absolute atomic E-state index is 12.5. The molecule has 1 aliphatic rings. The number of halogens is 1. The topological polar surface area (TPSA) is 49.3 Å². The second kappa shape index (κ2) is 8.40. The number of hydrogen-bond donors (Lipinski definition) is 0. The summed E-state index contributed by atoms with van der Waals surface area (Å²) >= 11 is 5.90. The Kier molecular flexibility index (Phi) is 5.53. The average Bonchev–Trinajstić information content (AvgIpc) is 2.76. The summed E-state index contributed by atoms with van der Waals surface area (Å²) in [6.45, 7) is 2.89. The third kappa shape index (κ3) is 4.31. The molecule has 0 N–H and O–H groups in total. The molecule has 0 bridgehead atoms. The number of carbonyl (C=O) groups excluding carboxylic acids is 1. The molecule has 1 saturated heterocycles. The summed E-state index contributed by atoms with van der Waals surface area (Å²) in [5.74, 6) is 0.997. The monoisotopic (exact) mass is 392 g/mol. The zero-order chi connectivity index (χ0) is 19.3. The number of piperazine rings is 1. The molecule has 4 rings (SSSR count). The van der Waals surface area contributed by atoms with Gasteiger partial charge in [0.2, 0.25) is 5.91 Å². The van der Waals surface area contributed by atoms with Gasteiger partial charge in [0.25, 0.3) is 0 Å². The van der Waals surface area contributed by atoms with Gasteiger partial charge in [0.1, 0.15) is 0 Å². The lowest BCUT2D eigenvalue weighted by Crippen LogP contribution is -2.49. The normalized spacial score (nSPS) is 14.2. The maximum Gasteiger partial charge on any atom is 0.227 e. The van der Waals surface area contributed by atoms with Crippen LogP contribution in [0.25, 0.3) is 11.3 Å². The highest BCUT2D eigenvalue weighted by Crippen LogP contribution is 2.19. The molecule has 0 aliphatic carbocycles. The molecular weight excluding hydrogens is 372 g/mol. The molecule has 0 unspecified atom stereocenters. The lowest BCUT2D eigenvalue weighted by molar-refractivity contribution is -0.130. The number of nitrogens with zero attached hydrogens (tertiary/aromatic N) is 4. The molecule has 0 saturated carbocycles. The van der Waals surface area contributed by atoms with Gasteiger partial charge in [-0.1, -0.05) is 54.1 Å². The zero-order valence-electron chi connectivity index (χ0n) is 15.5. The summed E-state index contributed by atoms with van der Waals surface area (Å²) in [5, 5.41) is 9.43. The van der Waals surface area contributed by atoms with Crippen molar-refractivity contribution in [1.82, 2.24) is 15.1 Å². The fraction of sp³-hybridized carbons (Fsp3) is 0.227. The van der Waals surface area contributed by atoms with Crippen molar-refractivity contribution < 1.29 is 4.79 Å². The van der Waals surface area contributed by atoms with E-state index in [9.17, 15) is 4.79 Å². The van der Waals surface area contributed by atoms with Gasteiger partial charge in [-0.3, -0.25) is 4.79 Å². The Morgan fingerprint density at radius 1 is 0.857 bits per heavy atom. The largest absolute Gasteiger partial charge is 0.352 e. The van der Waals surface area contributed by atoms with Crippen LogP contribution in [0.3, 0.4) is 0 Å². The quantitative estimate of drug-likeness (QED) is 0.679. The molecule has 1 amide bonds. The van der Waals surface area contributed by atoms with Crippen LogP contribution in [0, 0.1) is 0 Å². The summed E-state index contributed by atoms with van der Waals surface area (Å²) in [6.07, 6.45) is 0.406. The molecule has 6 heteroatoms. The molecule has 5 nitrogen and oxygen atoms in total. The van der Waals surface area contributed by atoms with Gasteiger partial charge in [-0.15, -0.1) is 10.2 Å². The van der Waals surface area contributed by atoms with Crippen molar-refractivity contribution in [1.29, 1.82) is 0 Å². The number of benzene rings is 2. The van der Waals surface area contributed by atoms with Crippen molar-refractivity contribution in [2.24, 2.45) is 0 Å². The summed E-state index contributed by atoms with van der Waals surface area (Å²) in [6, 6.07) is 21.5. The molecule has 28 heavy (non-hydrogen) atoms. The Morgan fingerprint density at radius 3 is 2.21 bits per heavy atom. The van der Waals surface area contributed by atoms with Crippen molar-refractivity contribution in [3.05, 3.63) is 77.3 Å². The molecule has 0 radical (unpaired) electrons. The zero-order valence-corrected chi connectivity index (χ0v) is 16.2. The third-order valence-electron chi connectivity index (χ3n) is 4.94. The standard InChI is InChI=1S/C22H21ClN4O/c23-19-8-6-17(7-9-19)16-22(28)27-14-12-26(13-15-27)21-11-10-20(24-25-21)18-4-2-1-3-5-18/h1-11H,12-16H2. The Bertz CT molecular complexity index is 921. The van der Waals surface area contributed by atoms with Gasteiger partial charge in [-0.05, 0) is 29.8 Å². The van der Waals surface area contributed by atoms with Crippen molar-refractivity contribution in [3.8, 4) is 11.3 Å². The number of rotatable bonds is 4. The van der Waals surface area contributed by atoms with E-state index in [2.05, 4.69) is 15.1 Å². The summed E-state index contributed by atoms with van der Waals surface area (Å²) < 4.78 is 0. The predicted molar refractivity (Wildman–Crippen MR) is 111 cm³/mol. The van der Waals surface area contributed by atoms with Crippen molar-refractivity contribution >= 4 is 23.3 Å². The number of amides is 1. The first kappa shape index (κ1) is 18.4. The van der Waals surface area contributed by atoms with E-state index in [0.29, 0.717) is 24.5 Å². The van der Waals surface area contributed by atoms with Gasteiger partial charge in [0.15, 0.2) is 5.82 Å². The SMILES string of the molecule is O=C(Cc1ccc(Cl)cc1)N1CCN(c2ccc(-c3ccccc3)nn2)CC1. The lowest BCUT2D eigenvalue weighted by Gasteiger charge is -2.35. The maximum atomic E-state index is 12.5. The van der Waals surface area contributed by atoms with Gasteiger partial charge in [0, 0.05) is 36.8 Å². The summed E-state index contributed by atoms with van der Waals surface area (Å²) in [4.78, 5) is 16.6. The Labute approximate surface area is 169 Å². The van der Waals surface area contributed by atoms with Crippen LogP contribution < -0.4 is 4.90 Å². The van der Waals surface area contributed by atoms with E-state index in [1.54, 1.807) is 0 Å². The molecule has 142 valence electrons. The molecule has 2 heterocycles. The van der Waals surface area contributed by atoms with Crippen LogP contribution in [-0.2, 0) is 11.2 Å². The molecule has 1 aliphatic heterocycles. The number of anilines is 1. The highest BCUT2D eigenvalue weighted by atomic mass is 35.5. The highest BCUT2D eigenvalue weighted by Gasteiger charge is 2.22. The van der Waals surface area contributed by atoms with Crippen LogP contribution in [0.2, 0.25) is 5.02 Å². The minimum absolute atomic E-state index is 0.146. The van der Waals surface area contributed by atoms with Gasteiger partial charge in [-0.2, -0.15) is 0 Å². The molecular formula is C22H21ClN4O. The Morgan fingerprint density at radius 2 is 1.57 bits per heavy atom. The number of hydrogen-bond acceptors (Lipinski definition) is 4. The van der Waals surface area contributed by atoms with Crippen molar-refractivity contribution in [2.75, 3.05) is 31.1 Å². The molecule has 3 aromatic rings. The van der Waals surface area contributed by atoms with E-state index in [-0.39, 0.29) is 5.91 Å². The summed E-state index contributed by atoms with van der Waals surface area (Å²) in [7, 11) is 0. The van der Waals surface area contributed by atoms with E-state index in [0.717, 1.165) is 35.7 Å². The number of aromatic nitrogens is 2.